The lowest BCUT2D eigenvalue weighted by Gasteiger charge is -2.08. The van der Waals surface area contributed by atoms with Crippen LogP contribution in [0, 0.1) is 10.1 Å². The first-order valence-corrected chi connectivity index (χ1v) is 9.04. The Morgan fingerprint density at radius 1 is 1.14 bits per heavy atom. The Bertz CT molecular complexity index is 1090. The number of hydrogen-bond donors (Lipinski definition) is 1. The number of non-ortho nitro benzene ring substituents is 1. The molecule has 1 aromatic heterocycles. The van der Waals surface area contributed by atoms with Crippen molar-refractivity contribution in [3.8, 4) is 0 Å². The Morgan fingerprint density at radius 3 is 2.72 bits per heavy atom. The predicted molar refractivity (Wildman–Crippen MR) is 108 cm³/mol. The largest absolute Gasteiger partial charge is 0.456 e. The molecule has 1 amide bonds. The fraction of sp³-hybridized carbons (Fsp3) is 0.150. The second-order valence-corrected chi connectivity index (χ2v) is 6.53. The summed E-state index contributed by atoms with van der Waals surface area (Å²) in [6.07, 6.45) is 0.443. The molecule has 0 saturated carbocycles. The molecule has 0 unspecified atom stereocenters. The zero-order valence-corrected chi connectivity index (χ0v) is 15.9. The fourth-order valence-electron chi connectivity index (χ4n) is 2.60. The highest BCUT2D eigenvalue weighted by Gasteiger charge is 2.14. The fourth-order valence-corrected chi connectivity index (χ4v) is 2.77. The van der Waals surface area contributed by atoms with Gasteiger partial charge in [-0.25, -0.2) is 0 Å². The number of nitro benzene ring substituents is 1. The summed E-state index contributed by atoms with van der Waals surface area (Å²) in [6, 6.07) is 15.1. The predicted octanol–water partition coefficient (Wildman–Crippen LogP) is 3.91. The van der Waals surface area contributed by atoms with E-state index in [0.717, 1.165) is 22.7 Å². The standard InChI is InChI=1S/C20H16ClN3O5/c21-16-9-8-15(24(27)28)11-18(16)23-19(25)12-29-20(26)10-7-14-6-5-13-3-1-2-4-17(13)22-14/h1-6,8-9,11H,7,10,12H2,(H,23,25). The lowest BCUT2D eigenvalue weighted by atomic mass is 10.1. The van der Waals surface area contributed by atoms with Crippen molar-refractivity contribution in [2.24, 2.45) is 0 Å². The minimum absolute atomic E-state index is 0.0657. The molecule has 1 heterocycles. The van der Waals surface area contributed by atoms with Crippen LogP contribution in [0.25, 0.3) is 10.9 Å². The number of carbonyl (C=O) groups is 2. The maximum atomic E-state index is 11.9. The van der Waals surface area contributed by atoms with Gasteiger partial charge in [-0.05, 0) is 18.2 Å². The second kappa shape index (κ2) is 9.11. The van der Waals surface area contributed by atoms with Crippen molar-refractivity contribution in [2.75, 3.05) is 11.9 Å². The molecule has 0 saturated heterocycles. The number of nitro groups is 1. The summed E-state index contributed by atoms with van der Waals surface area (Å²) in [4.78, 5) is 38.5. The minimum Gasteiger partial charge on any atom is -0.456 e. The lowest BCUT2D eigenvalue weighted by Crippen LogP contribution is -2.21. The third-order valence-electron chi connectivity index (χ3n) is 4.04. The first-order chi connectivity index (χ1) is 13.9. The van der Waals surface area contributed by atoms with Crippen LogP contribution in [0.4, 0.5) is 11.4 Å². The number of nitrogens with zero attached hydrogens (tertiary/aromatic N) is 2. The molecule has 9 heteroatoms. The van der Waals surface area contributed by atoms with Gasteiger partial charge in [-0.15, -0.1) is 0 Å². The van der Waals surface area contributed by atoms with Gasteiger partial charge in [0.25, 0.3) is 11.6 Å². The molecule has 3 aromatic rings. The van der Waals surface area contributed by atoms with Gasteiger partial charge < -0.3 is 10.1 Å². The monoisotopic (exact) mass is 413 g/mol. The number of para-hydroxylation sites is 1. The topological polar surface area (TPSA) is 111 Å². The van der Waals surface area contributed by atoms with Gasteiger partial charge in [0.05, 0.1) is 27.6 Å². The number of aryl methyl sites for hydroxylation is 1. The Labute approximate surface area is 170 Å². The van der Waals surface area contributed by atoms with E-state index in [2.05, 4.69) is 10.3 Å². The molecule has 2 aromatic carbocycles. The van der Waals surface area contributed by atoms with Gasteiger partial charge >= 0.3 is 5.97 Å². The maximum Gasteiger partial charge on any atom is 0.306 e. The number of rotatable bonds is 7. The quantitative estimate of drug-likeness (QED) is 0.357. The van der Waals surface area contributed by atoms with Crippen molar-refractivity contribution in [1.29, 1.82) is 0 Å². The number of hydrogen-bond acceptors (Lipinski definition) is 6. The van der Waals surface area contributed by atoms with Crippen molar-refractivity contribution in [3.05, 3.63) is 75.4 Å². The molecule has 0 spiro atoms. The third-order valence-corrected chi connectivity index (χ3v) is 4.37. The van der Waals surface area contributed by atoms with E-state index >= 15 is 0 Å². The molecule has 148 valence electrons. The number of ether oxygens (including phenoxy) is 1. The van der Waals surface area contributed by atoms with E-state index in [1.807, 2.05) is 36.4 Å². The van der Waals surface area contributed by atoms with E-state index in [4.69, 9.17) is 16.3 Å². The van der Waals surface area contributed by atoms with Crippen molar-refractivity contribution in [1.82, 2.24) is 4.98 Å². The Morgan fingerprint density at radius 2 is 1.93 bits per heavy atom. The molecule has 0 atom stereocenters. The van der Waals surface area contributed by atoms with E-state index in [-0.39, 0.29) is 22.8 Å². The number of nitrogens with one attached hydrogen (secondary N) is 1. The zero-order valence-electron chi connectivity index (χ0n) is 15.1. The smallest absolute Gasteiger partial charge is 0.306 e. The second-order valence-electron chi connectivity index (χ2n) is 6.13. The summed E-state index contributed by atoms with van der Waals surface area (Å²) in [5.74, 6) is -1.20. The number of halogens is 1. The highest BCUT2D eigenvalue weighted by Crippen LogP contribution is 2.26. The summed E-state index contributed by atoms with van der Waals surface area (Å²) in [6.45, 7) is -0.525. The number of fused-ring (bicyclic) bond motifs is 1. The summed E-state index contributed by atoms with van der Waals surface area (Å²) in [7, 11) is 0. The molecule has 1 N–H and O–H groups in total. The van der Waals surface area contributed by atoms with Crippen LogP contribution in [0.5, 0.6) is 0 Å². The van der Waals surface area contributed by atoms with Gasteiger partial charge in [-0.3, -0.25) is 24.7 Å². The van der Waals surface area contributed by atoms with Crippen LogP contribution < -0.4 is 5.32 Å². The molecule has 0 fully saturated rings. The number of amides is 1. The van der Waals surface area contributed by atoms with Crippen LogP contribution in [0.3, 0.4) is 0 Å². The van der Waals surface area contributed by atoms with Gasteiger partial charge in [0.2, 0.25) is 0 Å². The molecule has 3 rings (SSSR count). The van der Waals surface area contributed by atoms with Crippen molar-refractivity contribution < 1.29 is 19.2 Å². The molecule has 0 aliphatic carbocycles. The third kappa shape index (κ3) is 5.49. The van der Waals surface area contributed by atoms with Gasteiger partial charge in [0, 0.05) is 29.6 Å². The van der Waals surface area contributed by atoms with E-state index in [1.54, 1.807) is 0 Å². The molecule has 0 aliphatic rings. The summed E-state index contributed by atoms with van der Waals surface area (Å²) >= 11 is 5.91. The average molecular weight is 414 g/mol. The van der Waals surface area contributed by atoms with Crippen LogP contribution >= 0.6 is 11.6 Å². The molecule has 29 heavy (non-hydrogen) atoms. The number of anilines is 1. The number of pyridine rings is 1. The molecule has 0 radical (unpaired) electrons. The Kier molecular flexibility index (Phi) is 6.36. The van der Waals surface area contributed by atoms with Crippen LogP contribution in [0.15, 0.2) is 54.6 Å². The number of benzene rings is 2. The molecular weight excluding hydrogens is 398 g/mol. The molecule has 0 aliphatic heterocycles. The van der Waals surface area contributed by atoms with Crippen molar-refractivity contribution in [2.45, 2.75) is 12.8 Å². The molecular formula is C20H16ClN3O5. The van der Waals surface area contributed by atoms with Gasteiger partial charge in [-0.2, -0.15) is 0 Å². The average Bonchev–Trinajstić information content (AvgIpc) is 2.72. The zero-order chi connectivity index (χ0) is 20.8. The SMILES string of the molecule is O=C(COC(=O)CCc1ccc2ccccc2n1)Nc1cc([N+](=O)[O-])ccc1Cl. The summed E-state index contributed by atoms with van der Waals surface area (Å²) in [5, 5.41) is 14.3. The highest BCUT2D eigenvalue weighted by molar-refractivity contribution is 6.33. The first kappa shape index (κ1) is 20.2. The van der Waals surface area contributed by atoms with Crippen LogP contribution in [-0.4, -0.2) is 28.4 Å². The maximum absolute atomic E-state index is 11.9. The Hall–Kier alpha value is -3.52. The van der Waals surface area contributed by atoms with Crippen molar-refractivity contribution >= 4 is 45.8 Å². The summed E-state index contributed by atoms with van der Waals surface area (Å²) in [5.41, 5.74) is 1.44. The van der Waals surface area contributed by atoms with Gasteiger partial charge in [0.1, 0.15) is 0 Å². The number of carbonyl (C=O) groups excluding carboxylic acids is 2. The van der Waals surface area contributed by atoms with Gasteiger partial charge in [-0.1, -0.05) is 35.9 Å². The van der Waals surface area contributed by atoms with E-state index in [1.165, 1.54) is 12.1 Å². The van der Waals surface area contributed by atoms with E-state index in [9.17, 15) is 19.7 Å². The van der Waals surface area contributed by atoms with E-state index < -0.39 is 23.4 Å². The van der Waals surface area contributed by atoms with Crippen molar-refractivity contribution in [3.63, 3.8) is 0 Å². The highest BCUT2D eigenvalue weighted by atomic mass is 35.5. The normalized spacial score (nSPS) is 10.5. The van der Waals surface area contributed by atoms with Gasteiger partial charge in [0.15, 0.2) is 6.61 Å². The Balaban J connectivity index is 1.49. The summed E-state index contributed by atoms with van der Waals surface area (Å²) < 4.78 is 4.95. The van der Waals surface area contributed by atoms with Crippen LogP contribution in [0.1, 0.15) is 12.1 Å². The molecule has 0 bridgehead atoms. The lowest BCUT2D eigenvalue weighted by molar-refractivity contribution is -0.384. The number of aromatic nitrogens is 1. The van der Waals surface area contributed by atoms with Crippen LogP contribution in [0.2, 0.25) is 5.02 Å². The van der Waals surface area contributed by atoms with Crippen LogP contribution in [-0.2, 0) is 20.7 Å². The first-order valence-electron chi connectivity index (χ1n) is 8.66. The van der Waals surface area contributed by atoms with E-state index in [0.29, 0.717) is 6.42 Å². The molecule has 8 nitrogen and oxygen atoms in total. The number of esters is 1. The minimum atomic E-state index is -0.649.